The number of hydrogen-bond donors (Lipinski definition) is 1. The van der Waals surface area contributed by atoms with E-state index in [4.69, 9.17) is 0 Å². The summed E-state index contributed by atoms with van der Waals surface area (Å²) >= 11 is 0. The maximum absolute atomic E-state index is 4.23. The number of nitrogens with one attached hydrogen (secondary N) is 1. The summed E-state index contributed by atoms with van der Waals surface area (Å²) in [6, 6.07) is 0. The number of hydrogen-bond acceptors (Lipinski definition) is 2. The zero-order valence-corrected chi connectivity index (χ0v) is 7.06. The van der Waals surface area contributed by atoms with Crippen molar-refractivity contribution in [1.82, 2.24) is 5.32 Å². The summed E-state index contributed by atoms with van der Waals surface area (Å²) < 4.78 is 0. The molecule has 0 rings (SSSR count). The van der Waals surface area contributed by atoms with Gasteiger partial charge in [-0.1, -0.05) is 13.3 Å². The molecule has 10 heavy (non-hydrogen) atoms. The Bertz CT molecular complexity index is 79.3. The van der Waals surface area contributed by atoms with Gasteiger partial charge in [-0.05, 0) is 32.6 Å². The fourth-order valence-corrected chi connectivity index (χ4v) is 0.659. The third-order valence-electron chi connectivity index (χ3n) is 1.26. The smallest absolute Gasteiger partial charge is 0.0397 e. The first-order chi connectivity index (χ1) is 4.91. The van der Waals surface area contributed by atoms with Gasteiger partial charge in [0.1, 0.15) is 0 Å². The first-order valence-electron chi connectivity index (χ1n) is 4.04. The molecule has 0 unspecified atom stereocenters. The van der Waals surface area contributed by atoms with Crippen LogP contribution >= 0.6 is 0 Å². The number of unbranched alkanes of at least 4 members (excludes halogenated alkanes) is 1. The minimum absolute atomic E-state index is 0.973. The van der Waals surface area contributed by atoms with Crippen molar-refractivity contribution in [2.24, 2.45) is 4.99 Å². The highest BCUT2D eigenvalue weighted by Crippen LogP contribution is 1.82. The molecular formula is C8H18N2. The first kappa shape index (κ1) is 9.63. The molecule has 2 nitrogen and oxygen atoms in total. The SMILES string of the molecule is CCC/C=N\CCCNC. The molecule has 1 N–H and O–H groups in total. The Hall–Kier alpha value is -0.370. The molecule has 0 heterocycles. The summed E-state index contributed by atoms with van der Waals surface area (Å²) in [4.78, 5) is 4.23. The Labute approximate surface area is 63.7 Å². The van der Waals surface area contributed by atoms with Crippen molar-refractivity contribution < 1.29 is 0 Å². The summed E-state index contributed by atoms with van der Waals surface area (Å²) in [5, 5.41) is 3.08. The molecule has 0 saturated carbocycles. The Kier molecular flexibility index (Phi) is 8.31. The van der Waals surface area contributed by atoms with Crippen LogP contribution in [-0.4, -0.2) is 26.4 Å². The molecule has 0 aromatic heterocycles. The highest BCUT2D eigenvalue weighted by molar-refractivity contribution is 5.56. The van der Waals surface area contributed by atoms with Gasteiger partial charge >= 0.3 is 0 Å². The van der Waals surface area contributed by atoms with Gasteiger partial charge in [-0.25, -0.2) is 0 Å². The van der Waals surface area contributed by atoms with Crippen molar-refractivity contribution in [2.45, 2.75) is 26.2 Å². The van der Waals surface area contributed by atoms with E-state index in [9.17, 15) is 0 Å². The van der Waals surface area contributed by atoms with Gasteiger partial charge in [0.05, 0.1) is 0 Å². The normalized spacial score (nSPS) is 11.0. The third-order valence-corrected chi connectivity index (χ3v) is 1.26. The zero-order chi connectivity index (χ0) is 7.66. The van der Waals surface area contributed by atoms with Gasteiger partial charge in [-0.2, -0.15) is 0 Å². The van der Waals surface area contributed by atoms with Crippen molar-refractivity contribution >= 4 is 6.21 Å². The lowest BCUT2D eigenvalue weighted by atomic mass is 10.4. The number of aliphatic imine (C=N–C) groups is 1. The molecule has 0 spiro atoms. The molecule has 0 bridgehead atoms. The van der Waals surface area contributed by atoms with Crippen LogP contribution in [0.4, 0.5) is 0 Å². The van der Waals surface area contributed by atoms with Crippen LogP contribution in [0.25, 0.3) is 0 Å². The van der Waals surface area contributed by atoms with Gasteiger partial charge in [0.15, 0.2) is 0 Å². The number of nitrogens with zero attached hydrogens (tertiary/aromatic N) is 1. The zero-order valence-electron chi connectivity index (χ0n) is 7.06. The van der Waals surface area contributed by atoms with E-state index in [2.05, 4.69) is 17.2 Å². The molecule has 0 aliphatic carbocycles. The van der Waals surface area contributed by atoms with Crippen molar-refractivity contribution in [2.75, 3.05) is 20.1 Å². The second-order valence-electron chi connectivity index (χ2n) is 2.33. The predicted molar refractivity (Wildman–Crippen MR) is 46.8 cm³/mol. The summed E-state index contributed by atoms with van der Waals surface area (Å²) in [5.74, 6) is 0. The molecule has 0 amide bonds. The van der Waals surface area contributed by atoms with Crippen LogP contribution in [0.3, 0.4) is 0 Å². The maximum Gasteiger partial charge on any atom is 0.0397 e. The molecule has 0 aromatic carbocycles. The van der Waals surface area contributed by atoms with Gasteiger partial charge in [-0.3, -0.25) is 4.99 Å². The molecule has 0 atom stereocenters. The van der Waals surface area contributed by atoms with Gasteiger partial charge in [0.2, 0.25) is 0 Å². The van der Waals surface area contributed by atoms with Crippen LogP contribution in [-0.2, 0) is 0 Å². The Morgan fingerprint density at radius 3 is 2.90 bits per heavy atom. The van der Waals surface area contributed by atoms with Crippen LogP contribution in [0, 0.1) is 0 Å². The predicted octanol–water partition coefficient (Wildman–Crippen LogP) is 1.47. The summed E-state index contributed by atoms with van der Waals surface area (Å²) in [5.41, 5.74) is 0. The lowest BCUT2D eigenvalue weighted by molar-refractivity contribution is 0.734. The summed E-state index contributed by atoms with van der Waals surface area (Å²) in [7, 11) is 1.97. The van der Waals surface area contributed by atoms with Crippen LogP contribution in [0.15, 0.2) is 4.99 Å². The molecule has 0 fully saturated rings. The minimum atomic E-state index is 0.973. The van der Waals surface area contributed by atoms with Crippen molar-refractivity contribution in [3.8, 4) is 0 Å². The molecular weight excluding hydrogens is 124 g/mol. The van der Waals surface area contributed by atoms with Crippen LogP contribution in [0.5, 0.6) is 0 Å². The van der Waals surface area contributed by atoms with Crippen LogP contribution in [0.2, 0.25) is 0 Å². The van der Waals surface area contributed by atoms with Crippen LogP contribution in [0.1, 0.15) is 26.2 Å². The molecule has 0 saturated heterocycles. The fraction of sp³-hybridized carbons (Fsp3) is 0.875. The van der Waals surface area contributed by atoms with Gasteiger partial charge in [-0.15, -0.1) is 0 Å². The van der Waals surface area contributed by atoms with Crippen molar-refractivity contribution in [3.63, 3.8) is 0 Å². The minimum Gasteiger partial charge on any atom is -0.320 e. The maximum atomic E-state index is 4.23. The lowest BCUT2D eigenvalue weighted by Crippen LogP contribution is -2.08. The summed E-state index contributed by atoms with van der Waals surface area (Å²) in [6.45, 7) is 4.21. The topological polar surface area (TPSA) is 24.4 Å². The molecule has 60 valence electrons. The van der Waals surface area contributed by atoms with E-state index in [1.54, 1.807) is 0 Å². The van der Waals surface area contributed by atoms with Crippen molar-refractivity contribution in [3.05, 3.63) is 0 Å². The average molecular weight is 142 g/mol. The average Bonchev–Trinajstić information content (AvgIpc) is 1.97. The Balaban J connectivity index is 2.88. The van der Waals surface area contributed by atoms with E-state index in [1.165, 1.54) is 6.42 Å². The second-order valence-corrected chi connectivity index (χ2v) is 2.33. The monoisotopic (exact) mass is 142 g/mol. The first-order valence-corrected chi connectivity index (χ1v) is 4.04. The Morgan fingerprint density at radius 2 is 2.30 bits per heavy atom. The largest absolute Gasteiger partial charge is 0.320 e. The van der Waals surface area contributed by atoms with E-state index in [0.29, 0.717) is 0 Å². The number of rotatable bonds is 6. The van der Waals surface area contributed by atoms with Crippen molar-refractivity contribution in [1.29, 1.82) is 0 Å². The fourth-order valence-electron chi connectivity index (χ4n) is 0.659. The lowest BCUT2D eigenvalue weighted by Gasteiger charge is -1.93. The quantitative estimate of drug-likeness (QED) is 0.441. The Morgan fingerprint density at radius 1 is 1.50 bits per heavy atom. The van der Waals surface area contributed by atoms with Gasteiger partial charge in [0, 0.05) is 6.54 Å². The van der Waals surface area contributed by atoms with E-state index < -0.39 is 0 Å². The van der Waals surface area contributed by atoms with E-state index in [-0.39, 0.29) is 0 Å². The van der Waals surface area contributed by atoms with E-state index in [0.717, 1.165) is 25.9 Å². The molecule has 2 heteroatoms. The molecule has 0 aromatic rings. The molecule has 0 aliphatic heterocycles. The standard InChI is InChI=1S/C8H18N2/c1-3-4-7-10-8-5-6-9-2/h7,9H,3-6,8H2,1-2H3/b10-7-. The third kappa shape index (κ3) is 7.63. The molecule has 0 radical (unpaired) electrons. The van der Waals surface area contributed by atoms with E-state index in [1.807, 2.05) is 13.3 Å². The van der Waals surface area contributed by atoms with Gasteiger partial charge in [0.25, 0.3) is 0 Å². The van der Waals surface area contributed by atoms with Gasteiger partial charge < -0.3 is 5.32 Å². The summed E-state index contributed by atoms with van der Waals surface area (Å²) in [6.07, 6.45) is 5.50. The highest BCUT2D eigenvalue weighted by Gasteiger charge is 1.79. The van der Waals surface area contributed by atoms with Crippen LogP contribution < -0.4 is 5.32 Å². The van der Waals surface area contributed by atoms with E-state index >= 15 is 0 Å². The highest BCUT2D eigenvalue weighted by atomic mass is 14.8. The second kappa shape index (κ2) is 8.63. The molecule has 0 aliphatic rings.